The first-order valence-corrected chi connectivity index (χ1v) is 11.7. The highest BCUT2D eigenvalue weighted by Gasteiger charge is 2.17. The van der Waals surface area contributed by atoms with Crippen molar-refractivity contribution in [3.8, 4) is 0 Å². The van der Waals surface area contributed by atoms with E-state index in [-0.39, 0.29) is 6.54 Å². The topological polar surface area (TPSA) is 130 Å². The molecule has 4 rings (SSSR count). The molecule has 11 heteroatoms. The molecule has 0 bridgehead atoms. The quantitative estimate of drug-likeness (QED) is 0.192. The molecule has 184 valence electrons. The summed E-state index contributed by atoms with van der Waals surface area (Å²) in [5.74, 6) is -1.22. The Morgan fingerprint density at radius 3 is 2.64 bits per heavy atom. The lowest BCUT2D eigenvalue weighted by atomic mass is 10.1. The maximum absolute atomic E-state index is 12.6. The van der Waals surface area contributed by atoms with Crippen molar-refractivity contribution >= 4 is 51.2 Å². The summed E-state index contributed by atoms with van der Waals surface area (Å²) in [7, 11) is 0. The average molecular weight is 551 g/mol. The Labute approximate surface area is 214 Å². The molecule has 36 heavy (non-hydrogen) atoms. The Hall–Kier alpha value is -4.25. The van der Waals surface area contributed by atoms with Crippen LogP contribution in [0.2, 0.25) is 0 Å². The van der Waals surface area contributed by atoms with E-state index in [1.807, 2.05) is 26.0 Å². The highest BCUT2D eigenvalue weighted by molar-refractivity contribution is 9.10. The van der Waals surface area contributed by atoms with Gasteiger partial charge in [0.25, 0.3) is 5.91 Å². The van der Waals surface area contributed by atoms with Gasteiger partial charge in [-0.2, -0.15) is 5.10 Å². The number of imidazole rings is 1. The van der Waals surface area contributed by atoms with Crippen LogP contribution in [0.25, 0.3) is 5.65 Å². The molecule has 3 N–H and O–H groups in total. The second-order valence-electron chi connectivity index (χ2n) is 8.06. The van der Waals surface area contributed by atoms with Crippen LogP contribution in [-0.2, 0) is 16.1 Å². The van der Waals surface area contributed by atoms with E-state index in [4.69, 9.17) is 4.42 Å². The van der Waals surface area contributed by atoms with E-state index in [2.05, 4.69) is 42.1 Å². The first-order valence-electron chi connectivity index (χ1n) is 10.9. The number of aromatic nitrogens is 2. The largest absolute Gasteiger partial charge is 0.458 e. The van der Waals surface area contributed by atoms with Crippen molar-refractivity contribution in [1.29, 1.82) is 0 Å². The summed E-state index contributed by atoms with van der Waals surface area (Å²) in [5, 5.41) is 9.02. The zero-order chi connectivity index (χ0) is 25.8. The molecule has 0 atom stereocenters. The predicted octanol–water partition coefficient (Wildman–Crippen LogP) is 3.63. The molecule has 1 aromatic carbocycles. The number of furan rings is 1. The minimum Gasteiger partial charge on any atom is -0.458 e. The number of carbonyl (C=O) groups excluding carboxylic acids is 3. The van der Waals surface area contributed by atoms with Crippen molar-refractivity contribution in [1.82, 2.24) is 20.1 Å². The number of fused-ring (bicyclic) bond motifs is 1. The van der Waals surface area contributed by atoms with Crippen LogP contribution in [0.4, 0.5) is 5.69 Å². The Kier molecular flexibility index (Phi) is 7.30. The summed E-state index contributed by atoms with van der Waals surface area (Å²) in [4.78, 5) is 41.3. The minimum atomic E-state index is -0.790. The molecule has 0 unspecified atom stereocenters. The summed E-state index contributed by atoms with van der Waals surface area (Å²) in [5.41, 5.74) is 6.69. The van der Waals surface area contributed by atoms with Gasteiger partial charge in [0.2, 0.25) is 0 Å². The van der Waals surface area contributed by atoms with Crippen LogP contribution in [-0.4, -0.2) is 33.3 Å². The molecule has 0 aliphatic heterocycles. The number of carbonyl (C=O) groups is 3. The lowest BCUT2D eigenvalue weighted by Gasteiger charge is -2.07. The van der Waals surface area contributed by atoms with E-state index >= 15 is 0 Å². The zero-order valence-electron chi connectivity index (χ0n) is 19.8. The van der Waals surface area contributed by atoms with Gasteiger partial charge >= 0.3 is 11.8 Å². The van der Waals surface area contributed by atoms with Crippen molar-refractivity contribution in [2.75, 3.05) is 5.32 Å². The number of aryl methyl sites for hydroxylation is 3. The number of halogens is 1. The molecule has 0 radical (unpaired) electrons. The zero-order valence-corrected chi connectivity index (χ0v) is 21.3. The van der Waals surface area contributed by atoms with Gasteiger partial charge in [-0.25, -0.2) is 10.4 Å². The Balaban J connectivity index is 1.30. The normalized spacial score (nSPS) is 11.1. The van der Waals surface area contributed by atoms with Gasteiger partial charge in [0, 0.05) is 16.4 Å². The minimum absolute atomic E-state index is 0.00919. The molecular weight excluding hydrogens is 528 g/mol. The molecule has 0 aliphatic carbocycles. The van der Waals surface area contributed by atoms with Gasteiger partial charge in [-0.3, -0.25) is 18.8 Å². The fraction of sp³-hybridized carbons (Fsp3) is 0.160. The van der Waals surface area contributed by atoms with Crippen molar-refractivity contribution in [2.45, 2.75) is 27.3 Å². The number of hydrazone groups is 1. The molecule has 0 spiro atoms. The summed E-state index contributed by atoms with van der Waals surface area (Å²) < 4.78 is 8.06. The van der Waals surface area contributed by atoms with Crippen molar-refractivity contribution < 1.29 is 18.8 Å². The van der Waals surface area contributed by atoms with Crippen LogP contribution in [0.5, 0.6) is 0 Å². The SMILES string of the molecule is Cc1ccc(NC(=O)C(=O)NCc2ccc(/C=N/NC(=O)c3c(C)nc4ccc(Br)cn34)o2)cc1C. The van der Waals surface area contributed by atoms with Crippen LogP contribution in [0.15, 0.2) is 62.7 Å². The van der Waals surface area contributed by atoms with E-state index in [0.29, 0.717) is 34.2 Å². The van der Waals surface area contributed by atoms with Crippen LogP contribution < -0.4 is 16.1 Å². The van der Waals surface area contributed by atoms with E-state index in [0.717, 1.165) is 15.6 Å². The maximum Gasteiger partial charge on any atom is 0.313 e. The van der Waals surface area contributed by atoms with Gasteiger partial charge in [-0.05, 0) is 84.2 Å². The van der Waals surface area contributed by atoms with Crippen molar-refractivity contribution in [3.05, 3.63) is 87.2 Å². The van der Waals surface area contributed by atoms with E-state index in [1.165, 1.54) is 6.21 Å². The van der Waals surface area contributed by atoms with Gasteiger partial charge < -0.3 is 15.1 Å². The molecule has 4 aromatic rings. The first-order chi connectivity index (χ1) is 17.2. The number of anilines is 1. The molecule has 0 fully saturated rings. The van der Waals surface area contributed by atoms with Crippen LogP contribution in [0, 0.1) is 20.8 Å². The third-order valence-electron chi connectivity index (χ3n) is 5.41. The summed E-state index contributed by atoms with van der Waals surface area (Å²) >= 11 is 3.39. The lowest BCUT2D eigenvalue weighted by molar-refractivity contribution is -0.136. The molecule has 3 aromatic heterocycles. The highest BCUT2D eigenvalue weighted by atomic mass is 79.9. The van der Waals surface area contributed by atoms with E-state index < -0.39 is 17.7 Å². The second-order valence-corrected chi connectivity index (χ2v) is 8.98. The number of nitrogens with zero attached hydrogens (tertiary/aromatic N) is 3. The summed E-state index contributed by atoms with van der Waals surface area (Å²) in [6.07, 6.45) is 3.09. The average Bonchev–Trinajstić information content (AvgIpc) is 3.42. The van der Waals surface area contributed by atoms with Gasteiger partial charge in [0.05, 0.1) is 18.5 Å². The molecule has 0 saturated carbocycles. The molecular formula is C25H23BrN6O4. The third-order valence-corrected chi connectivity index (χ3v) is 5.88. The number of amides is 3. The van der Waals surface area contributed by atoms with Gasteiger partial charge in [-0.15, -0.1) is 0 Å². The fourth-order valence-corrected chi connectivity index (χ4v) is 3.77. The molecule has 3 amide bonds. The fourth-order valence-electron chi connectivity index (χ4n) is 3.43. The van der Waals surface area contributed by atoms with Gasteiger partial charge in [0.1, 0.15) is 22.9 Å². The number of benzene rings is 1. The molecule has 3 heterocycles. The summed E-state index contributed by atoms with van der Waals surface area (Å²) in [6, 6.07) is 12.3. The molecule has 0 saturated heterocycles. The smallest absolute Gasteiger partial charge is 0.313 e. The van der Waals surface area contributed by atoms with E-state index in [9.17, 15) is 14.4 Å². The van der Waals surface area contributed by atoms with Crippen LogP contribution in [0.3, 0.4) is 0 Å². The summed E-state index contributed by atoms with van der Waals surface area (Å²) in [6.45, 7) is 5.64. The molecule has 10 nitrogen and oxygen atoms in total. The lowest BCUT2D eigenvalue weighted by Crippen LogP contribution is -2.34. The van der Waals surface area contributed by atoms with Crippen molar-refractivity contribution in [2.24, 2.45) is 5.10 Å². The number of hydrogen-bond donors (Lipinski definition) is 3. The Morgan fingerprint density at radius 1 is 1.06 bits per heavy atom. The highest BCUT2D eigenvalue weighted by Crippen LogP contribution is 2.17. The maximum atomic E-state index is 12.6. The standard InChI is InChI=1S/C25H23BrN6O4/c1-14-4-6-18(10-15(14)2)30-25(35)24(34)27-11-19-7-8-20(36-19)12-28-31-23(33)22-16(3)29-21-9-5-17(26)13-32(21)22/h4-10,12-13H,11H2,1-3H3,(H,27,34)(H,30,35)(H,31,33)/b28-12+. The van der Waals surface area contributed by atoms with E-state index in [1.54, 1.807) is 47.9 Å². The number of pyridine rings is 1. The number of nitrogens with one attached hydrogen (secondary N) is 3. The van der Waals surface area contributed by atoms with Gasteiger partial charge in [0.15, 0.2) is 0 Å². The number of rotatable bonds is 6. The number of hydrogen-bond acceptors (Lipinski definition) is 6. The Bertz CT molecular complexity index is 1500. The van der Waals surface area contributed by atoms with Gasteiger partial charge in [-0.1, -0.05) is 6.07 Å². The molecule has 0 aliphatic rings. The second kappa shape index (κ2) is 10.6. The Morgan fingerprint density at radius 2 is 1.86 bits per heavy atom. The predicted molar refractivity (Wildman–Crippen MR) is 138 cm³/mol. The van der Waals surface area contributed by atoms with Crippen molar-refractivity contribution in [3.63, 3.8) is 0 Å². The van der Waals surface area contributed by atoms with Crippen LogP contribution >= 0.6 is 15.9 Å². The first kappa shape index (κ1) is 24.9. The van der Waals surface area contributed by atoms with Crippen LogP contribution in [0.1, 0.15) is 38.8 Å². The third kappa shape index (κ3) is 5.69. The monoisotopic (exact) mass is 550 g/mol.